The predicted molar refractivity (Wildman–Crippen MR) is 40.7 cm³/mol. The Morgan fingerprint density at radius 3 is 2.55 bits per heavy atom. The molecular weight excluding hydrogens is 172 g/mol. The SMILES string of the molecule is C[C@@H](CC1CC(F)(F)C1)NCl. The van der Waals surface area contributed by atoms with Crippen molar-refractivity contribution in [1.29, 1.82) is 0 Å². The Bertz CT molecular complexity index is 132. The molecule has 0 saturated heterocycles. The lowest BCUT2D eigenvalue weighted by Gasteiger charge is -2.36. The Hall–Kier alpha value is 0.110. The smallest absolute Gasteiger partial charge is 0.231 e. The van der Waals surface area contributed by atoms with Gasteiger partial charge in [-0.25, -0.2) is 13.6 Å². The molecule has 0 spiro atoms. The number of hydrogen-bond acceptors (Lipinski definition) is 1. The van der Waals surface area contributed by atoms with Gasteiger partial charge in [0, 0.05) is 18.9 Å². The molecule has 0 radical (unpaired) electrons. The molecule has 1 N–H and O–H groups in total. The average molecular weight is 184 g/mol. The zero-order valence-electron chi connectivity index (χ0n) is 6.41. The molecule has 1 aliphatic rings. The molecule has 0 aliphatic heterocycles. The molecule has 1 saturated carbocycles. The Kier molecular flexibility index (Phi) is 2.70. The molecule has 1 aliphatic carbocycles. The van der Waals surface area contributed by atoms with Crippen LogP contribution in [-0.4, -0.2) is 12.0 Å². The van der Waals surface area contributed by atoms with Crippen molar-refractivity contribution in [2.24, 2.45) is 5.92 Å². The van der Waals surface area contributed by atoms with Crippen molar-refractivity contribution < 1.29 is 8.78 Å². The van der Waals surface area contributed by atoms with E-state index in [4.69, 9.17) is 11.8 Å². The Labute approximate surface area is 70.2 Å². The number of nitrogens with one attached hydrogen (secondary N) is 1. The van der Waals surface area contributed by atoms with Crippen molar-refractivity contribution in [3.8, 4) is 0 Å². The molecule has 0 aromatic heterocycles. The number of alkyl halides is 2. The standard InChI is InChI=1S/C7H12ClF2N/c1-5(11-8)2-6-3-7(9,10)4-6/h5-6,11H,2-4H2,1H3/t5-/m0/s1. The first-order valence-electron chi connectivity index (χ1n) is 3.77. The van der Waals surface area contributed by atoms with Gasteiger partial charge in [0.15, 0.2) is 0 Å². The van der Waals surface area contributed by atoms with Crippen molar-refractivity contribution in [1.82, 2.24) is 4.84 Å². The van der Waals surface area contributed by atoms with E-state index in [0.717, 1.165) is 6.42 Å². The lowest BCUT2D eigenvalue weighted by Crippen LogP contribution is -2.38. The summed E-state index contributed by atoms with van der Waals surface area (Å²) in [6.45, 7) is 1.89. The zero-order valence-corrected chi connectivity index (χ0v) is 7.17. The highest BCUT2D eigenvalue weighted by Gasteiger charge is 2.45. The van der Waals surface area contributed by atoms with Crippen LogP contribution in [0.25, 0.3) is 0 Å². The van der Waals surface area contributed by atoms with E-state index in [1.807, 2.05) is 6.92 Å². The van der Waals surface area contributed by atoms with Crippen molar-refractivity contribution >= 4 is 11.8 Å². The van der Waals surface area contributed by atoms with Gasteiger partial charge in [0.2, 0.25) is 5.92 Å². The van der Waals surface area contributed by atoms with E-state index in [2.05, 4.69) is 4.84 Å². The molecule has 1 atom stereocenters. The predicted octanol–water partition coefficient (Wildman–Crippen LogP) is 2.55. The fourth-order valence-electron chi connectivity index (χ4n) is 1.50. The van der Waals surface area contributed by atoms with Gasteiger partial charge in [0.1, 0.15) is 0 Å². The van der Waals surface area contributed by atoms with Crippen LogP contribution in [-0.2, 0) is 0 Å². The van der Waals surface area contributed by atoms with Crippen LogP contribution < -0.4 is 4.84 Å². The van der Waals surface area contributed by atoms with Gasteiger partial charge in [0.25, 0.3) is 0 Å². The summed E-state index contributed by atoms with van der Waals surface area (Å²) < 4.78 is 24.6. The lowest BCUT2D eigenvalue weighted by molar-refractivity contribution is -0.113. The highest BCUT2D eigenvalue weighted by molar-refractivity contribution is 6.13. The average Bonchev–Trinajstić information content (AvgIpc) is 1.83. The van der Waals surface area contributed by atoms with E-state index >= 15 is 0 Å². The van der Waals surface area contributed by atoms with Crippen molar-refractivity contribution in [3.05, 3.63) is 0 Å². The van der Waals surface area contributed by atoms with Gasteiger partial charge in [0.05, 0.1) is 0 Å². The fourth-order valence-corrected chi connectivity index (χ4v) is 1.59. The zero-order chi connectivity index (χ0) is 8.48. The number of halogens is 3. The van der Waals surface area contributed by atoms with Gasteiger partial charge in [-0.2, -0.15) is 0 Å². The van der Waals surface area contributed by atoms with Gasteiger partial charge >= 0.3 is 0 Å². The van der Waals surface area contributed by atoms with Gasteiger partial charge in [-0.1, -0.05) is 0 Å². The maximum Gasteiger partial charge on any atom is 0.248 e. The second-order valence-electron chi connectivity index (χ2n) is 3.38. The molecule has 66 valence electrons. The number of hydrogen-bond donors (Lipinski definition) is 1. The Balaban J connectivity index is 2.13. The molecule has 0 bridgehead atoms. The molecule has 0 unspecified atom stereocenters. The van der Waals surface area contributed by atoms with E-state index < -0.39 is 5.92 Å². The first-order valence-corrected chi connectivity index (χ1v) is 4.15. The van der Waals surface area contributed by atoms with E-state index in [1.54, 1.807) is 0 Å². The summed E-state index contributed by atoms with van der Waals surface area (Å²) in [4.78, 5) is 2.52. The van der Waals surface area contributed by atoms with Gasteiger partial charge in [-0.3, -0.25) is 0 Å². The second kappa shape index (κ2) is 3.23. The van der Waals surface area contributed by atoms with Crippen molar-refractivity contribution in [3.63, 3.8) is 0 Å². The van der Waals surface area contributed by atoms with Crippen LogP contribution in [0.5, 0.6) is 0 Å². The Morgan fingerprint density at radius 2 is 2.18 bits per heavy atom. The molecule has 4 heteroatoms. The van der Waals surface area contributed by atoms with Gasteiger partial charge in [-0.05, 0) is 31.0 Å². The van der Waals surface area contributed by atoms with Crippen LogP contribution in [0.4, 0.5) is 8.78 Å². The van der Waals surface area contributed by atoms with E-state index in [1.165, 1.54) is 0 Å². The molecule has 11 heavy (non-hydrogen) atoms. The third-order valence-electron chi connectivity index (χ3n) is 2.05. The fraction of sp³-hybridized carbons (Fsp3) is 1.00. The van der Waals surface area contributed by atoms with Crippen LogP contribution in [0.3, 0.4) is 0 Å². The molecule has 1 fully saturated rings. The Morgan fingerprint density at radius 1 is 1.64 bits per heavy atom. The first kappa shape index (κ1) is 9.20. The third kappa shape index (κ3) is 2.56. The van der Waals surface area contributed by atoms with Crippen LogP contribution in [0, 0.1) is 5.92 Å². The minimum Gasteiger partial charge on any atom is -0.231 e. The quantitative estimate of drug-likeness (QED) is 0.664. The maximum atomic E-state index is 12.3. The highest BCUT2D eigenvalue weighted by Crippen LogP contribution is 2.44. The second-order valence-corrected chi connectivity index (χ2v) is 3.59. The molecule has 1 rings (SSSR count). The molecule has 0 aromatic rings. The number of rotatable bonds is 3. The molecule has 0 amide bonds. The molecule has 0 aromatic carbocycles. The van der Waals surface area contributed by atoms with E-state index in [0.29, 0.717) is 0 Å². The highest BCUT2D eigenvalue weighted by atomic mass is 35.5. The first-order chi connectivity index (χ1) is 5.03. The summed E-state index contributed by atoms with van der Waals surface area (Å²) in [5.41, 5.74) is 0. The minimum atomic E-state index is -2.39. The molecule has 0 heterocycles. The molecule has 1 nitrogen and oxygen atoms in total. The summed E-state index contributed by atoms with van der Waals surface area (Å²) in [6, 6.07) is 0.137. The lowest BCUT2D eigenvalue weighted by atomic mass is 9.78. The molecular formula is C7H12ClF2N. The monoisotopic (exact) mass is 183 g/mol. The van der Waals surface area contributed by atoms with Crippen LogP contribution in [0.1, 0.15) is 26.2 Å². The van der Waals surface area contributed by atoms with Gasteiger partial charge < -0.3 is 0 Å². The maximum absolute atomic E-state index is 12.3. The summed E-state index contributed by atoms with van der Waals surface area (Å²) in [5.74, 6) is -2.23. The van der Waals surface area contributed by atoms with Crippen molar-refractivity contribution in [2.75, 3.05) is 0 Å². The van der Waals surface area contributed by atoms with Crippen LogP contribution in [0.15, 0.2) is 0 Å². The summed E-state index contributed by atoms with van der Waals surface area (Å²) in [5, 5.41) is 0. The topological polar surface area (TPSA) is 12.0 Å². The van der Waals surface area contributed by atoms with E-state index in [9.17, 15) is 8.78 Å². The minimum absolute atomic E-state index is 0.0376. The largest absolute Gasteiger partial charge is 0.248 e. The van der Waals surface area contributed by atoms with Crippen LogP contribution in [0.2, 0.25) is 0 Å². The van der Waals surface area contributed by atoms with Gasteiger partial charge in [-0.15, -0.1) is 0 Å². The normalized spacial score (nSPS) is 26.2. The van der Waals surface area contributed by atoms with Crippen molar-refractivity contribution in [2.45, 2.75) is 38.2 Å². The summed E-state index contributed by atoms with van der Waals surface area (Å²) in [6.07, 6.45) is 0.824. The van der Waals surface area contributed by atoms with Crippen LogP contribution >= 0.6 is 11.8 Å². The third-order valence-corrected chi connectivity index (χ3v) is 2.42. The summed E-state index contributed by atoms with van der Waals surface area (Å²) >= 11 is 5.31. The van der Waals surface area contributed by atoms with E-state index in [-0.39, 0.29) is 24.8 Å². The summed E-state index contributed by atoms with van der Waals surface area (Å²) in [7, 11) is 0.